The van der Waals surface area contributed by atoms with E-state index in [1.165, 1.54) is 18.4 Å². The first-order chi connectivity index (χ1) is 14.8. The van der Waals surface area contributed by atoms with Crippen LogP contribution in [0.5, 0.6) is 0 Å². The third-order valence-corrected chi connectivity index (χ3v) is 8.13. The first kappa shape index (κ1) is 21.8. The van der Waals surface area contributed by atoms with E-state index in [-0.39, 0.29) is 18.4 Å². The largest absolute Gasteiger partial charge is 0.465 e. The molecule has 3 aliphatic rings. The van der Waals surface area contributed by atoms with Gasteiger partial charge in [0, 0.05) is 4.88 Å². The first-order valence-electron chi connectivity index (χ1n) is 10.9. The molecular weight excluding hydrogens is 418 g/mol. The summed E-state index contributed by atoms with van der Waals surface area (Å²) in [6.45, 7) is 3.76. The van der Waals surface area contributed by atoms with Crippen LogP contribution in [-0.4, -0.2) is 47.9 Å². The molecule has 1 saturated carbocycles. The van der Waals surface area contributed by atoms with E-state index >= 15 is 0 Å². The quantitative estimate of drug-likeness (QED) is 0.545. The van der Waals surface area contributed by atoms with Crippen molar-refractivity contribution in [2.75, 3.05) is 19.0 Å². The van der Waals surface area contributed by atoms with Crippen LogP contribution < -0.4 is 10.6 Å². The number of fused-ring (bicyclic) bond motifs is 1. The lowest BCUT2D eigenvalue weighted by Gasteiger charge is -2.36. The van der Waals surface area contributed by atoms with Crippen molar-refractivity contribution >= 4 is 40.2 Å². The molecule has 4 rings (SSSR count). The van der Waals surface area contributed by atoms with Gasteiger partial charge in [0.05, 0.1) is 12.7 Å². The van der Waals surface area contributed by atoms with Gasteiger partial charge in [-0.2, -0.15) is 0 Å². The van der Waals surface area contributed by atoms with Crippen LogP contribution in [0.1, 0.15) is 66.8 Å². The van der Waals surface area contributed by atoms with Crippen molar-refractivity contribution in [1.82, 2.24) is 10.2 Å². The van der Waals surface area contributed by atoms with Crippen molar-refractivity contribution in [1.29, 1.82) is 0 Å². The maximum atomic E-state index is 13.1. The van der Waals surface area contributed by atoms with Crippen molar-refractivity contribution in [3.8, 4) is 0 Å². The molecule has 0 radical (unpaired) electrons. The van der Waals surface area contributed by atoms with Crippen LogP contribution in [-0.2, 0) is 27.2 Å². The minimum Gasteiger partial charge on any atom is -0.465 e. The number of amides is 4. The number of carbonyl (C=O) groups is 4. The van der Waals surface area contributed by atoms with Gasteiger partial charge >= 0.3 is 12.0 Å². The lowest BCUT2D eigenvalue weighted by Crippen LogP contribution is -2.54. The average Bonchev–Trinajstić information content (AvgIpc) is 3.19. The highest BCUT2D eigenvalue weighted by Gasteiger charge is 2.55. The van der Waals surface area contributed by atoms with Gasteiger partial charge in [-0.15, -0.1) is 11.3 Å². The number of urea groups is 1. The predicted octanol–water partition coefficient (Wildman–Crippen LogP) is 3.10. The second-order valence-electron chi connectivity index (χ2n) is 9.04. The molecule has 3 atom stereocenters. The lowest BCUT2D eigenvalue weighted by atomic mass is 9.73. The Morgan fingerprint density at radius 3 is 2.74 bits per heavy atom. The van der Waals surface area contributed by atoms with Crippen molar-refractivity contribution in [2.45, 2.75) is 64.3 Å². The summed E-state index contributed by atoms with van der Waals surface area (Å²) in [6, 6.07) is -0.526. The summed E-state index contributed by atoms with van der Waals surface area (Å²) in [5, 5.41) is 6.06. The number of nitrogens with one attached hydrogen (secondary N) is 2. The first-order valence-corrected chi connectivity index (χ1v) is 11.7. The molecule has 2 aliphatic carbocycles. The van der Waals surface area contributed by atoms with E-state index in [2.05, 4.69) is 17.6 Å². The molecule has 2 heterocycles. The highest BCUT2D eigenvalue weighted by atomic mass is 32.1. The number of hydrogen-bond acceptors (Lipinski definition) is 6. The topological polar surface area (TPSA) is 105 Å². The zero-order chi connectivity index (χ0) is 22.3. The van der Waals surface area contributed by atoms with Gasteiger partial charge in [0.25, 0.3) is 5.91 Å². The van der Waals surface area contributed by atoms with E-state index in [1.54, 1.807) is 0 Å². The van der Waals surface area contributed by atoms with Crippen LogP contribution in [0.2, 0.25) is 0 Å². The molecular formula is C22H29N3O5S. The van der Waals surface area contributed by atoms with E-state index in [0.717, 1.165) is 53.9 Å². The number of ether oxygens (including phenoxy) is 1. The minimum absolute atomic E-state index is 0.0303. The molecule has 31 heavy (non-hydrogen) atoms. The van der Waals surface area contributed by atoms with Gasteiger partial charge in [0.1, 0.15) is 17.1 Å². The number of methoxy groups -OCH3 is 1. The van der Waals surface area contributed by atoms with Crippen LogP contribution in [0.15, 0.2) is 0 Å². The van der Waals surface area contributed by atoms with Gasteiger partial charge in [-0.1, -0.05) is 26.7 Å². The van der Waals surface area contributed by atoms with Crippen molar-refractivity contribution in [3.63, 3.8) is 0 Å². The summed E-state index contributed by atoms with van der Waals surface area (Å²) < 4.78 is 4.95. The average molecular weight is 448 g/mol. The molecule has 9 heteroatoms. The number of carbonyl (C=O) groups excluding carboxylic acids is 4. The SMILES string of the molecule is COC(=O)c1c(NC(=O)CN2C(=O)N[C@@]3(CCCC[C@@H]3C)C2=O)sc2c1CC[C@@H](C)C2. The molecule has 1 saturated heterocycles. The molecule has 0 aromatic carbocycles. The maximum absolute atomic E-state index is 13.1. The molecule has 8 nitrogen and oxygen atoms in total. The predicted molar refractivity (Wildman–Crippen MR) is 116 cm³/mol. The number of nitrogens with zero attached hydrogens (tertiary/aromatic N) is 1. The van der Waals surface area contributed by atoms with Gasteiger partial charge in [0.2, 0.25) is 5.91 Å². The number of thiophene rings is 1. The Bertz CT molecular complexity index is 942. The van der Waals surface area contributed by atoms with E-state index < -0.39 is 23.4 Å². The standard InChI is InChI=1S/C22H29N3O5S/c1-12-7-8-14-15(10-12)31-18(17(14)19(27)30-3)23-16(26)11-25-20(28)22(24-21(25)29)9-5-4-6-13(22)2/h12-13H,4-11H2,1-3H3,(H,23,26)(H,24,29)/t12-,13+,22-/m1/s1. The van der Waals surface area contributed by atoms with E-state index in [9.17, 15) is 19.2 Å². The summed E-state index contributed by atoms with van der Waals surface area (Å²) in [4.78, 5) is 53.0. The van der Waals surface area contributed by atoms with Gasteiger partial charge in [-0.25, -0.2) is 9.59 Å². The number of rotatable bonds is 4. The van der Waals surface area contributed by atoms with Crippen LogP contribution in [0.25, 0.3) is 0 Å². The van der Waals surface area contributed by atoms with Gasteiger partial charge in [-0.3, -0.25) is 14.5 Å². The number of esters is 1. The van der Waals surface area contributed by atoms with Crippen molar-refractivity contribution < 1.29 is 23.9 Å². The summed E-state index contributed by atoms with van der Waals surface area (Å²) in [5.41, 5.74) is 0.442. The fraction of sp³-hybridized carbons (Fsp3) is 0.636. The van der Waals surface area contributed by atoms with Crippen LogP contribution >= 0.6 is 11.3 Å². The Morgan fingerprint density at radius 1 is 1.26 bits per heavy atom. The molecule has 2 N–H and O–H groups in total. The van der Waals surface area contributed by atoms with Crippen LogP contribution in [0, 0.1) is 11.8 Å². The molecule has 168 valence electrons. The summed E-state index contributed by atoms with van der Waals surface area (Å²) >= 11 is 1.38. The fourth-order valence-corrected chi connectivity index (χ4v) is 6.52. The fourth-order valence-electron chi connectivity index (χ4n) is 5.11. The Kier molecular flexibility index (Phi) is 5.81. The minimum atomic E-state index is -0.898. The Hall–Kier alpha value is -2.42. The molecule has 1 spiro atoms. The molecule has 1 aromatic heterocycles. The molecule has 1 aromatic rings. The smallest absolute Gasteiger partial charge is 0.341 e. The number of hydrogen-bond donors (Lipinski definition) is 2. The third kappa shape index (κ3) is 3.73. The Morgan fingerprint density at radius 2 is 2.03 bits per heavy atom. The van der Waals surface area contributed by atoms with E-state index in [1.807, 2.05) is 6.92 Å². The number of imide groups is 1. The van der Waals surface area contributed by atoms with Crippen molar-refractivity contribution in [2.24, 2.45) is 11.8 Å². The molecule has 0 unspecified atom stereocenters. The monoisotopic (exact) mass is 447 g/mol. The van der Waals surface area contributed by atoms with Crippen LogP contribution in [0.3, 0.4) is 0 Å². The normalized spacial score (nSPS) is 27.8. The maximum Gasteiger partial charge on any atom is 0.341 e. The highest BCUT2D eigenvalue weighted by Crippen LogP contribution is 2.41. The summed E-state index contributed by atoms with van der Waals surface area (Å²) in [6.07, 6.45) is 5.97. The van der Waals surface area contributed by atoms with E-state index in [4.69, 9.17) is 4.74 Å². The second kappa shape index (κ2) is 8.26. The van der Waals surface area contributed by atoms with Gasteiger partial charge in [0.15, 0.2) is 0 Å². The molecule has 1 aliphatic heterocycles. The van der Waals surface area contributed by atoms with Gasteiger partial charge < -0.3 is 15.4 Å². The molecule has 4 amide bonds. The van der Waals surface area contributed by atoms with E-state index in [0.29, 0.717) is 22.9 Å². The summed E-state index contributed by atoms with van der Waals surface area (Å²) in [7, 11) is 1.32. The lowest BCUT2D eigenvalue weighted by molar-refractivity contribution is -0.136. The Balaban J connectivity index is 1.52. The molecule has 2 fully saturated rings. The van der Waals surface area contributed by atoms with Crippen LogP contribution in [0.4, 0.5) is 9.80 Å². The molecule has 0 bridgehead atoms. The zero-order valence-corrected chi connectivity index (χ0v) is 19.0. The summed E-state index contributed by atoms with van der Waals surface area (Å²) in [5.74, 6) is -0.761. The second-order valence-corrected chi connectivity index (χ2v) is 10.1. The van der Waals surface area contributed by atoms with Gasteiger partial charge in [-0.05, 0) is 49.5 Å². The van der Waals surface area contributed by atoms with Crippen molar-refractivity contribution in [3.05, 3.63) is 16.0 Å². The third-order valence-electron chi connectivity index (χ3n) is 6.96. The zero-order valence-electron chi connectivity index (χ0n) is 18.2. The number of anilines is 1. The highest BCUT2D eigenvalue weighted by molar-refractivity contribution is 7.17. The Labute approximate surface area is 185 Å².